The zero-order valence-corrected chi connectivity index (χ0v) is 11.8. The number of aliphatic hydroxyl groups is 2. The molecule has 5 nitrogen and oxygen atoms in total. The summed E-state index contributed by atoms with van der Waals surface area (Å²) in [6, 6.07) is 7.29. The van der Waals surface area contributed by atoms with Crippen LogP contribution >= 0.6 is 0 Å². The quantitative estimate of drug-likeness (QED) is 0.784. The Kier molecular flexibility index (Phi) is 3.83. The number of pyridine rings is 1. The van der Waals surface area contributed by atoms with Gasteiger partial charge < -0.3 is 19.9 Å². The highest BCUT2D eigenvalue weighted by atomic mass is 16.5. The number of rotatable bonds is 4. The van der Waals surface area contributed by atoms with Crippen molar-refractivity contribution in [2.45, 2.75) is 32.0 Å². The van der Waals surface area contributed by atoms with Gasteiger partial charge >= 0.3 is 0 Å². The Morgan fingerprint density at radius 3 is 2.60 bits per heavy atom. The lowest BCUT2D eigenvalue weighted by Gasteiger charge is -2.25. The number of fused-ring (bicyclic) bond motifs is 1. The molecule has 0 saturated heterocycles. The molecule has 108 valence electrons. The molecule has 1 unspecified atom stereocenters. The molecule has 1 atom stereocenters. The number of hydrogen-bond donors (Lipinski definition) is 3. The molecule has 20 heavy (non-hydrogen) atoms. The first-order valence-corrected chi connectivity index (χ1v) is 6.43. The van der Waals surface area contributed by atoms with Crippen LogP contribution in [-0.2, 0) is 6.42 Å². The van der Waals surface area contributed by atoms with E-state index in [1.807, 2.05) is 18.2 Å². The van der Waals surface area contributed by atoms with Crippen LogP contribution in [0, 0.1) is 0 Å². The Bertz CT molecular complexity index is 670. The van der Waals surface area contributed by atoms with E-state index < -0.39 is 11.7 Å². The summed E-state index contributed by atoms with van der Waals surface area (Å²) in [4.78, 5) is 14.9. The van der Waals surface area contributed by atoms with Gasteiger partial charge in [-0.05, 0) is 26.0 Å². The van der Waals surface area contributed by atoms with Gasteiger partial charge in [0.1, 0.15) is 5.75 Å². The van der Waals surface area contributed by atoms with Gasteiger partial charge in [-0.15, -0.1) is 0 Å². The molecule has 3 N–H and O–H groups in total. The largest absolute Gasteiger partial charge is 0.496 e. The lowest BCUT2D eigenvalue weighted by molar-refractivity contribution is -0.0472. The van der Waals surface area contributed by atoms with Crippen LogP contribution < -0.4 is 10.3 Å². The highest BCUT2D eigenvalue weighted by Gasteiger charge is 2.27. The Morgan fingerprint density at radius 2 is 2.00 bits per heavy atom. The van der Waals surface area contributed by atoms with Crippen LogP contribution in [0.2, 0.25) is 0 Å². The predicted octanol–water partition coefficient (Wildman–Crippen LogP) is 1.21. The highest BCUT2D eigenvalue weighted by molar-refractivity contribution is 5.86. The number of aromatic nitrogens is 1. The first-order valence-electron chi connectivity index (χ1n) is 6.43. The Hall–Kier alpha value is -1.85. The smallest absolute Gasteiger partial charge is 0.255 e. The van der Waals surface area contributed by atoms with Crippen LogP contribution in [0.3, 0.4) is 0 Å². The number of H-pyrrole nitrogens is 1. The summed E-state index contributed by atoms with van der Waals surface area (Å²) >= 11 is 0. The zero-order valence-electron chi connectivity index (χ0n) is 11.8. The summed E-state index contributed by atoms with van der Waals surface area (Å²) in [6.45, 7) is 3.00. The van der Waals surface area contributed by atoms with Crippen molar-refractivity contribution in [3.63, 3.8) is 0 Å². The summed E-state index contributed by atoms with van der Waals surface area (Å²) in [5.41, 5.74) is -0.594. The molecule has 0 saturated carbocycles. The third kappa shape index (κ3) is 2.69. The van der Waals surface area contributed by atoms with Crippen LogP contribution in [-0.4, -0.2) is 34.0 Å². The summed E-state index contributed by atoms with van der Waals surface area (Å²) < 4.78 is 5.34. The van der Waals surface area contributed by atoms with Crippen molar-refractivity contribution in [1.82, 2.24) is 4.98 Å². The van der Waals surface area contributed by atoms with Crippen molar-refractivity contribution in [2.75, 3.05) is 7.11 Å². The van der Waals surface area contributed by atoms with Crippen molar-refractivity contribution >= 4 is 10.9 Å². The number of nitrogens with one attached hydrogen (secondary N) is 1. The number of hydrogen-bond acceptors (Lipinski definition) is 4. The monoisotopic (exact) mass is 277 g/mol. The molecule has 0 spiro atoms. The SMILES string of the molecule is COc1c(CC(O)C(C)(C)O)c(=O)[nH]c2ccccc12. The van der Waals surface area contributed by atoms with Gasteiger partial charge in [-0.2, -0.15) is 0 Å². The van der Waals surface area contributed by atoms with Crippen LogP contribution in [0.1, 0.15) is 19.4 Å². The molecule has 1 aromatic carbocycles. The zero-order chi connectivity index (χ0) is 14.9. The number of aliphatic hydroxyl groups excluding tert-OH is 1. The molecule has 0 bridgehead atoms. The average Bonchev–Trinajstić information content (AvgIpc) is 2.38. The van der Waals surface area contributed by atoms with Gasteiger partial charge in [-0.3, -0.25) is 4.79 Å². The van der Waals surface area contributed by atoms with E-state index in [0.29, 0.717) is 16.8 Å². The minimum absolute atomic E-state index is 0.0207. The van der Waals surface area contributed by atoms with Crippen molar-refractivity contribution < 1.29 is 14.9 Å². The van der Waals surface area contributed by atoms with Gasteiger partial charge in [0.15, 0.2) is 0 Å². The van der Waals surface area contributed by atoms with Crippen molar-refractivity contribution in [3.8, 4) is 5.75 Å². The molecule has 0 radical (unpaired) electrons. The molecular weight excluding hydrogens is 258 g/mol. The van der Waals surface area contributed by atoms with Crippen LogP contribution in [0.25, 0.3) is 10.9 Å². The molecule has 5 heteroatoms. The van der Waals surface area contributed by atoms with Crippen LogP contribution in [0.15, 0.2) is 29.1 Å². The van der Waals surface area contributed by atoms with Gasteiger partial charge in [-0.1, -0.05) is 12.1 Å². The van der Waals surface area contributed by atoms with Gasteiger partial charge in [0.05, 0.1) is 29.9 Å². The van der Waals surface area contributed by atoms with E-state index in [1.54, 1.807) is 6.07 Å². The second kappa shape index (κ2) is 5.26. The van der Waals surface area contributed by atoms with Crippen LogP contribution in [0.4, 0.5) is 0 Å². The minimum atomic E-state index is -1.29. The summed E-state index contributed by atoms with van der Waals surface area (Å²) in [5.74, 6) is 0.438. The molecule has 0 aliphatic rings. The molecule has 0 aliphatic carbocycles. The molecular formula is C15H19NO4. The van der Waals surface area contributed by atoms with E-state index in [9.17, 15) is 15.0 Å². The van der Waals surface area contributed by atoms with Gasteiger partial charge in [0.2, 0.25) is 0 Å². The number of methoxy groups -OCH3 is 1. The highest BCUT2D eigenvalue weighted by Crippen LogP contribution is 2.27. The predicted molar refractivity (Wildman–Crippen MR) is 77.1 cm³/mol. The van der Waals surface area contributed by atoms with Crippen molar-refractivity contribution in [2.24, 2.45) is 0 Å². The first-order chi connectivity index (χ1) is 9.34. The topological polar surface area (TPSA) is 82.5 Å². The van der Waals surface area contributed by atoms with Crippen molar-refractivity contribution in [3.05, 3.63) is 40.2 Å². The summed E-state index contributed by atoms with van der Waals surface area (Å²) in [6.07, 6.45) is -1.04. The van der Waals surface area contributed by atoms with Crippen molar-refractivity contribution in [1.29, 1.82) is 0 Å². The maximum atomic E-state index is 12.1. The number of benzene rings is 1. The summed E-state index contributed by atoms with van der Waals surface area (Å²) in [7, 11) is 1.49. The number of ether oxygens (including phenoxy) is 1. The fourth-order valence-electron chi connectivity index (χ4n) is 2.12. The summed E-state index contributed by atoms with van der Waals surface area (Å²) in [5, 5.41) is 20.6. The van der Waals surface area contributed by atoms with E-state index in [2.05, 4.69) is 4.98 Å². The molecule has 1 aromatic heterocycles. The molecule has 0 amide bonds. The average molecular weight is 277 g/mol. The molecule has 0 aliphatic heterocycles. The van der Waals surface area contributed by atoms with Gasteiger partial charge in [0, 0.05) is 11.8 Å². The maximum absolute atomic E-state index is 12.1. The van der Waals surface area contributed by atoms with Gasteiger partial charge in [0.25, 0.3) is 5.56 Å². The van der Waals surface area contributed by atoms with E-state index in [1.165, 1.54) is 21.0 Å². The Balaban J connectivity index is 2.58. The van der Waals surface area contributed by atoms with E-state index in [4.69, 9.17) is 4.74 Å². The maximum Gasteiger partial charge on any atom is 0.255 e. The molecule has 1 heterocycles. The standard InChI is InChI=1S/C15H19NO4/c1-15(2,19)12(17)8-10-13(20-3)9-6-4-5-7-11(9)16-14(10)18/h4-7,12,17,19H,8H2,1-3H3,(H,16,18). The van der Waals surface area contributed by atoms with Crippen LogP contribution in [0.5, 0.6) is 5.75 Å². The second-order valence-corrected chi connectivity index (χ2v) is 5.39. The molecule has 2 rings (SSSR count). The first kappa shape index (κ1) is 14.6. The Labute approximate surface area is 116 Å². The normalized spacial score (nSPS) is 13.4. The fraction of sp³-hybridized carbons (Fsp3) is 0.400. The van der Waals surface area contributed by atoms with E-state index in [0.717, 1.165) is 5.39 Å². The minimum Gasteiger partial charge on any atom is -0.496 e. The third-order valence-electron chi connectivity index (χ3n) is 3.39. The number of para-hydroxylation sites is 1. The fourth-order valence-corrected chi connectivity index (χ4v) is 2.12. The Morgan fingerprint density at radius 1 is 1.35 bits per heavy atom. The molecule has 2 aromatic rings. The lowest BCUT2D eigenvalue weighted by atomic mass is 9.95. The number of aromatic amines is 1. The lowest BCUT2D eigenvalue weighted by Crippen LogP contribution is -2.38. The van der Waals surface area contributed by atoms with E-state index >= 15 is 0 Å². The van der Waals surface area contributed by atoms with E-state index in [-0.39, 0.29) is 12.0 Å². The third-order valence-corrected chi connectivity index (χ3v) is 3.39. The van der Waals surface area contributed by atoms with Gasteiger partial charge in [-0.25, -0.2) is 0 Å². The molecule has 0 fully saturated rings. The second-order valence-electron chi connectivity index (χ2n) is 5.39.